The van der Waals surface area contributed by atoms with Crippen molar-refractivity contribution in [2.45, 2.75) is 31.2 Å². The van der Waals surface area contributed by atoms with Crippen LogP contribution in [0.1, 0.15) is 29.8 Å². The third-order valence-electron chi connectivity index (χ3n) is 5.23. The molecule has 1 heterocycles. The number of aromatic amines is 1. The van der Waals surface area contributed by atoms with Crippen LogP contribution < -0.4 is 5.32 Å². The van der Waals surface area contributed by atoms with Crippen LogP contribution in [0.5, 0.6) is 0 Å². The summed E-state index contributed by atoms with van der Waals surface area (Å²) in [6, 6.07) is 10.0. The second-order valence-corrected chi connectivity index (χ2v) is 9.50. The van der Waals surface area contributed by atoms with Crippen LogP contribution in [0.2, 0.25) is 5.02 Å². The summed E-state index contributed by atoms with van der Waals surface area (Å²) >= 11 is 6.15. The van der Waals surface area contributed by atoms with Crippen LogP contribution in [-0.4, -0.2) is 53.8 Å². The van der Waals surface area contributed by atoms with Gasteiger partial charge in [-0.1, -0.05) is 43.6 Å². The first-order valence-corrected chi connectivity index (χ1v) is 11.9. The summed E-state index contributed by atoms with van der Waals surface area (Å²) in [4.78, 5) is 27.7. The molecule has 0 saturated carbocycles. The molecule has 0 spiro atoms. The molecule has 0 unspecified atom stereocenters. The number of aromatic nitrogens is 1. The van der Waals surface area contributed by atoms with Crippen LogP contribution in [-0.2, 0) is 21.2 Å². The lowest BCUT2D eigenvalue weighted by molar-refractivity contribution is -0.139. The molecule has 1 aromatic heterocycles. The van der Waals surface area contributed by atoms with Crippen LogP contribution in [0.3, 0.4) is 0 Å². The Balaban J connectivity index is 1.88. The van der Waals surface area contributed by atoms with Gasteiger partial charge < -0.3 is 15.4 Å². The summed E-state index contributed by atoms with van der Waals surface area (Å²) < 4.78 is 26.9. The van der Waals surface area contributed by atoms with Crippen LogP contribution in [0.15, 0.2) is 53.6 Å². The molecule has 32 heavy (non-hydrogen) atoms. The number of carbonyl (C=O) groups excluding carboxylic acids is 1. The first-order valence-electron chi connectivity index (χ1n) is 10.1. The smallest absolute Gasteiger partial charge is 0.326 e. The van der Waals surface area contributed by atoms with E-state index in [1.807, 2.05) is 24.3 Å². The molecule has 0 aliphatic rings. The molecule has 1 atom stereocenters. The van der Waals surface area contributed by atoms with E-state index >= 15 is 0 Å². The minimum Gasteiger partial charge on any atom is -0.480 e. The first-order chi connectivity index (χ1) is 15.2. The molecule has 0 radical (unpaired) electrons. The molecule has 1 amide bonds. The van der Waals surface area contributed by atoms with Gasteiger partial charge in [0.2, 0.25) is 10.0 Å². The maximum Gasteiger partial charge on any atom is 0.326 e. The number of carboxylic acid groups (broad SMARTS) is 1. The fourth-order valence-electron chi connectivity index (χ4n) is 3.51. The number of sulfonamides is 1. The zero-order chi connectivity index (χ0) is 23.5. The minimum absolute atomic E-state index is 0.0252. The number of nitrogens with zero attached hydrogens (tertiary/aromatic N) is 1. The SMILES string of the molecule is CCN(CC)S(=O)(=O)c1ccc(Cl)c(C(=O)N[C@@H](Cc2c[nH]c3ccccc23)C(=O)O)c1. The Morgan fingerprint density at radius 1 is 1.16 bits per heavy atom. The summed E-state index contributed by atoms with van der Waals surface area (Å²) in [6.45, 7) is 3.98. The van der Waals surface area contributed by atoms with E-state index in [1.54, 1.807) is 20.0 Å². The van der Waals surface area contributed by atoms with E-state index in [9.17, 15) is 23.1 Å². The zero-order valence-electron chi connectivity index (χ0n) is 17.6. The molecule has 170 valence electrons. The number of carbonyl (C=O) groups is 2. The average molecular weight is 478 g/mol. The Bertz CT molecular complexity index is 1250. The highest BCUT2D eigenvalue weighted by Gasteiger charge is 2.26. The molecule has 3 aromatic rings. The van der Waals surface area contributed by atoms with E-state index in [0.717, 1.165) is 16.5 Å². The molecule has 0 aliphatic carbocycles. The van der Waals surface area contributed by atoms with Crippen molar-refractivity contribution in [1.29, 1.82) is 0 Å². The number of benzene rings is 2. The van der Waals surface area contributed by atoms with Crippen LogP contribution in [0.4, 0.5) is 0 Å². The highest BCUT2D eigenvalue weighted by molar-refractivity contribution is 7.89. The van der Waals surface area contributed by atoms with Gasteiger partial charge in [0.25, 0.3) is 5.91 Å². The maximum absolute atomic E-state index is 12.9. The Kier molecular flexibility index (Phi) is 7.22. The first kappa shape index (κ1) is 23.8. The number of para-hydroxylation sites is 1. The van der Waals surface area contributed by atoms with Gasteiger partial charge in [-0.05, 0) is 29.8 Å². The zero-order valence-corrected chi connectivity index (χ0v) is 19.2. The quantitative estimate of drug-likeness (QED) is 0.437. The second kappa shape index (κ2) is 9.72. The Morgan fingerprint density at radius 2 is 1.84 bits per heavy atom. The largest absolute Gasteiger partial charge is 0.480 e. The summed E-state index contributed by atoms with van der Waals surface area (Å²) in [5.41, 5.74) is 1.48. The Morgan fingerprint density at radius 3 is 2.50 bits per heavy atom. The van der Waals surface area contributed by atoms with Crippen molar-refractivity contribution in [3.05, 3.63) is 64.8 Å². The van der Waals surface area contributed by atoms with Crippen molar-refractivity contribution in [1.82, 2.24) is 14.6 Å². The van der Waals surface area contributed by atoms with Crippen molar-refractivity contribution in [2.24, 2.45) is 0 Å². The van der Waals surface area contributed by atoms with Crippen LogP contribution in [0.25, 0.3) is 10.9 Å². The van der Waals surface area contributed by atoms with Gasteiger partial charge >= 0.3 is 5.97 Å². The van der Waals surface area contributed by atoms with E-state index in [4.69, 9.17) is 11.6 Å². The van der Waals surface area contributed by atoms with E-state index in [2.05, 4.69) is 10.3 Å². The minimum atomic E-state index is -3.81. The van der Waals surface area contributed by atoms with Gasteiger partial charge in [0.1, 0.15) is 6.04 Å². The molecule has 3 rings (SSSR count). The van der Waals surface area contributed by atoms with Crippen LogP contribution in [0, 0.1) is 0 Å². The molecular formula is C22H24ClN3O5S. The number of hydrogen-bond acceptors (Lipinski definition) is 4. The third kappa shape index (κ3) is 4.79. The Hall–Kier alpha value is -2.88. The van der Waals surface area contributed by atoms with E-state index < -0.39 is 27.9 Å². The predicted molar refractivity (Wildman–Crippen MR) is 122 cm³/mol. The standard InChI is InChI=1S/C22H24ClN3O5S/c1-3-26(4-2)32(30,31)15-9-10-18(23)17(12-15)21(27)25-20(22(28)29)11-14-13-24-19-8-6-5-7-16(14)19/h5-10,12-13,20,24H,3-4,11H2,1-2H3,(H,25,27)(H,28,29)/t20-/m0/s1. The van der Waals surface area contributed by atoms with Gasteiger partial charge in [-0.25, -0.2) is 13.2 Å². The number of amides is 1. The number of hydrogen-bond donors (Lipinski definition) is 3. The van der Waals surface area contributed by atoms with Gasteiger partial charge in [0.05, 0.1) is 15.5 Å². The topological polar surface area (TPSA) is 120 Å². The molecular weight excluding hydrogens is 454 g/mol. The molecule has 10 heteroatoms. The van der Waals surface area contributed by atoms with Crippen molar-refractivity contribution >= 4 is 44.4 Å². The summed E-state index contributed by atoms with van der Waals surface area (Å²) in [6.07, 6.45) is 1.75. The molecule has 8 nitrogen and oxygen atoms in total. The number of aliphatic carboxylic acids is 1. The molecule has 3 N–H and O–H groups in total. The molecule has 2 aromatic carbocycles. The van der Waals surface area contributed by atoms with E-state index in [0.29, 0.717) is 0 Å². The highest BCUT2D eigenvalue weighted by Crippen LogP contribution is 2.24. The maximum atomic E-state index is 12.9. The number of H-pyrrole nitrogens is 1. The fourth-order valence-corrected chi connectivity index (χ4v) is 5.20. The van der Waals surface area contributed by atoms with E-state index in [-0.39, 0.29) is 35.0 Å². The second-order valence-electron chi connectivity index (χ2n) is 7.16. The number of fused-ring (bicyclic) bond motifs is 1. The number of rotatable bonds is 9. The van der Waals surface area contributed by atoms with Gasteiger partial charge in [-0.15, -0.1) is 0 Å². The van der Waals surface area contributed by atoms with Crippen LogP contribution >= 0.6 is 11.6 Å². The predicted octanol–water partition coefficient (Wildman–Crippen LogP) is 3.28. The number of carboxylic acids is 1. The van der Waals surface area contributed by atoms with Crippen molar-refractivity contribution in [2.75, 3.05) is 13.1 Å². The molecule has 0 bridgehead atoms. The van der Waals surface area contributed by atoms with Gasteiger partial charge in [-0.2, -0.15) is 4.31 Å². The highest BCUT2D eigenvalue weighted by atomic mass is 35.5. The molecule has 0 aliphatic heterocycles. The summed E-state index contributed by atoms with van der Waals surface area (Å²) in [5.74, 6) is -1.98. The normalized spacial score (nSPS) is 12.8. The van der Waals surface area contributed by atoms with Crippen molar-refractivity contribution in [3.63, 3.8) is 0 Å². The number of halogens is 1. The molecule has 0 saturated heterocycles. The van der Waals surface area contributed by atoms with Gasteiger partial charge in [0, 0.05) is 36.6 Å². The third-order valence-corrected chi connectivity index (χ3v) is 7.60. The lowest BCUT2D eigenvalue weighted by Gasteiger charge is -2.19. The van der Waals surface area contributed by atoms with Crippen molar-refractivity contribution < 1.29 is 23.1 Å². The lowest BCUT2D eigenvalue weighted by Crippen LogP contribution is -2.42. The number of nitrogens with one attached hydrogen (secondary N) is 2. The molecule has 0 fully saturated rings. The van der Waals surface area contributed by atoms with Gasteiger partial charge in [-0.3, -0.25) is 4.79 Å². The fraction of sp³-hybridized carbons (Fsp3) is 0.273. The Labute approximate surface area is 191 Å². The van der Waals surface area contributed by atoms with Crippen molar-refractivity contribution in [3.8, 4) is 0 Å². The lowest BCUT2D eigenvalue weighted by atomic mass is 10.0. The summed E-state index contributed by atoms with van der Waals surface area (Å²) in [7, 11) is -3.81. The summed E-state index contributed by atoms with van der Waals surface area (Å²) in [5, 5.41) is 13.0. The van der Waals surface area contributed by atoms with Gasteiger partial charge in [0.15, 0.2) is 0 Å². The average Bonchev–Trinajstić information content (AvgIpc) is 3.17. The monoisotopic (exact) mass is 477 g/mol. The van der Waals surface area contributed by atoms with E-state index in [1.165, 1.54) is 22.5 Å².